The Hall–Kier alpha value is -9.06. The van der Waals surface area contributed by atoms with Crippen molar-refractivity contribution in [2.24, 2.45) is 0 Å². The standard InChI is InChI=1S/C64H42N2O3/c1-39-16-9-12-25-55(39)65(45-18-5-3-6-19-45)47-30-28-41-34-53-58(36-43(41)32-47)67-60-38-52(51-24-15-23-50-49-22-11-14-27-57(49)68-63(50)51)64-62(61(53)60)54-35-42-29-31-48(33-44(42)37-59(54)69-64)66(46-20-7-4-8-21-46)56-26-13-10-17-40(56)2/h3-38H,1-2H3. The Morgan fingerprint density at radius 3 is 1.43 bits per heavy atom. The van der Waals surface area contributed by atoms with Crippen LogP contribution in [0.3, 0.4) is 0 Å². The third-order valence-corrected chi connectivity index (χ3v) is 14.0. The summed E-state index contributed by atoms with van der Waals surface area (Å²) in [6.45, 7) is 4.33. The molecule has 0 aliphatic carbocycles. The minimum atomic E-state index is 0.789. The molecule has 326 valence electrons. The van der Waals surface area contributed by atoms with Crippen LogP contribution in [0.1, 0.15) is 11.1 Å². The van der Waals surface area contributed by atoms with E-state index in [0.29, 0.717) is 0 Å². The highest BCUT2D eigenvalue weighted by Crippen LogP contribution is 2.49. The Morgan fingerprint density at radius 1 is 0.290 bits per heavy atom. The molecule has 69 heavy (non-hydrogen) atoms. The van der Waals surface area contributed by atoms with Crippen LogP contribution in [0.5, 0.6) is 0 Å². The van der Waals surface area contributed by atoms with E-state index in [1.165, 1.54) is 11.1 Å². The van der Waals surface area contributed by atoms with Gasteiger partial charge in [0.2, 0.25) is 0 Å². The number of hydrogen-bond acceptors (Lipinski definition) is 5. The maximum absolute atomic E-state index is 7.21. The molecule has 14 rings (SSSR count). The molecule has 0 aliphatic heterocycles. The van der Waals surface area contributed by atoms with Crippen LogP contribution in [0.4, 0.5) is 34.1 Å². The Morgan fingerprint density at radius 2 is 0.812 bits per heavy atom. The molecule has 3 heterocycles. The number of hydrogen-bond donors (Lipinski definition) is 0. The van der Waals surface area contributed by atoms with Gasteiger partial charge in [0.05, 0.1) is 0 Å². The second-order valence-corrected chi connectivity index (χ2v) is 18.2. The molecular weight excluding hydrogens is 845 g/mol. The van der Waals surface area contributed by atoms with Crippen molar-refractivity contribution < 1.29 is 13.3 Å². The average molecular weight is 887 g/mol. The summed E-state index contributed by atoms with van der Waals surface area (Å²) >= 11 is 0. The van der Waals surface area contributed by atoms with Crippen molar-refractivity contribution in [3.8, 4) is 11.1 Å². The SMILES string of the molecule is Cc1ccccc1N(c1ccccc1)c1ccc2cc3c(cc2c1)oc1cc(-c2cccc4c2oc2ccccc24)c2oc4cc5cc(N(c6ccccc6)c6ccccc6C)ccc5cc4c2c13. The Labute approximate surface area is 397 Å². The van der Waals surface area contributed by atoms with Gasteiger partial charge in [0.1, 0.15) is 33.5 Å². The van der Waals surface area contributed by atoms with Crippen LogP contribution in [0, 0.1) is 13.8 Å². The van der Waals surface area contributed by atoms with Crippen molar-refractivity contribution in [3.63, 3.8) is 0 Å². The zero-order valence-corrected chi connectivity index (χ0v) is 37.9. The quantitative estimate of drug-likeness (QED) is 0.160. The largest absolute Gasteiger partial charge is 0.456 e. The maximum atomic E-state index is 7.21. The lowest BCUT2D eigenvalue weighted by molar-refractivity contribution is 0.662. The summed E-state index contributed by atoms with van der Waals surface area (Å²) in [7, 11) is 0. The van der Waals surface area contributed by atoms with Crippen LogP contribution in [0.2, 0.25) is 0 Å². The zero-order chi connectivity index (χ0) is 45.7. The molecule has 0 unspecified atom stereocenters. The van der Waals surface area contributed by atoms with E-state index in [2.05, 4.69) is 230 Å². The summed E-state index contributed by atoms with van der Waals surface area (Å²) in [5.74, 6) is 0. The highest BCUT2D eigenvalue weighted by Gasteiger charge is 2.25. The molecule has 0 aliphatic rings. The molecular formula is C64H42N2O3. The van der Waals surface area contributed by atoms with E-state index in [1.807, 2.05) is 12.1 Å². The van der Waals surface area contributed by atoms with Crippen molar-refractivity contribution in [2.75, 3.05) is 9.80 Å². The Kier molecular flexibility index (Phi) is 8.65. The summed E-state index contributed by atoms with van der Waals surface area (Å²) in [5, 5.41) is 10.7. The molecule has 0 radical (unpaired) electrons. The summed E-state index contributed by atoms with van der Waals surface area (Å²) in [5.41, 5.74) is 15.7. The van der Waals surface area contributed by atoms with Gasteiger partial charge in [-0.05, 0) is 144 Å². The fourth-order valence-corrected chi connectivity index (χ4v) is 10.7. The second kappa shape index (κ2) is 15.2. The number of fused-ring (bicyclic) bond motifs is 12. The molecule has 11 aromatic carbocycles. The highest BCUT2D eigenvalue weighted by atomic mass is 16.3. The molecule has 0 saturated carbocycles. The lowest BCUT2D eigenvalue weighted by atomic mass is 9.95. The molecule has 14 aromatic rings. The predicted octanol–water partition coefficient (Wildman–Crippen LogP) is 18.9. The highest BCUT2D eigenvalue weighted by molar-refractivity contribution is 6.31. The molecule has 0 saturated heterocycles. The topological polar surface area (TPSA) is 45.9 Å². The molecule has 0 bridgehead atoms. The first kappa shape index (κ1) is 39.1. The van der Waals surface area contributed by atoms with Crippen LogP contribution in [-0.4, -0.2) is 0 Å². The number of rotatable bonds is 7. The molecule has 5 heteroatoms. The second-order valence-electron chi connectivity index (χ2n) is 18.2. The van der Waals surface area contributed by atoms with E-state index < -0.39 is 0 Å². The van der Waals surface area contributed by atoms with Gasteiger partial charge in [-0.15, -0.1) is 0 Å². The van der Waals surface area contributed by atoms with E-state index in [-0.39, 0.29) is 0 Å². The van der Waals surface area contributed by atoms with Crippen LogP contribution in [-0.2, 0) is 0 Å². The van der Waals surface area contributed by atoms with Gasteiger partial charge in [-0.3, -0.25) is 0 Å². The molecule has 0 spiro atoms. The van der Waals surface area contributed by atoms with Crippen molar-refractivity contribution in [3.05, 3.63) is 230 Å². The third kappa shape index (κ3) is 6.17. The first-order valence-corrected chi connectivity index (χ1v) is 23.5. The van der Waals surface area contributed by atoms with E-state index in [4.69, 9.17) is 13.3 Å². The Balaban J connectivity index is 1.01. The van der Waals surface area contributed by atoms with Gasteiger partial charge in [-0.2, -0.15) is 0 Å². The number of nitrogens with zero attached hydrogens (tertiary/aromatic N) is 2. The fraction of sp³-hybridized carbons (Fsp3) is 0.0312. The van der Waals surface area contributed by atoms with Gasteiger partial charge >= 0.3 is 0 Å². The van der Waals surface area contributed by atoms with Gasteiger partial charge in [0.25, 0.3) is 0 Å². The van der Waals surface area contributed by atoms with Crippen molar-refractivity contribution in [1.82, 2.24) is 0 Å². The van der Waals surface area contributed by atoms with E-state index in [9.17, 15) is 0 Å². The number of aryl methyl sites for hydroxylation is 2. The van der Waals surface area contributed by atoms with Crippen LogP contribution in [0.15, 0.2) is 232 Å². The van der Waals surface area contributed by atoms with E-state index in [0.717, 1.165) is 133 Å². The molecule has 0 fully saturated rings. The van der Waals surface area contributed by atoms with E-state index in [1.54, 1.807) is 0 Å². The Bertz CT molecular complexity index is 4350. The minimum absolute atomic E-state index is 0.789. The van der Waals surface area contributed by atoms with Gasteiger partial charge in [0, 0.05) is 77.6 Å². The molecule has 0 N–H and O–H groups in total. The molecule has 3 aromatic heterocycles. The predicted molar refractivity (Wildman–Crippen MR) is 288 cm³/mol. The smallest absolute Gasteiger partial charge is 0.144 e. The molecule has 0 amide bonds. The average Bonchev–Trinajstić information content (AvgIpc) is 4.07. The zero-order valence-electron chi connectivity index (χ0n) is 37.9. The summed E-state index contributed by atoms with van der Waals surface area (Å²) in [6.07, 6.45) is 0. The van der Waals surface area contributed by atoms with Gasteiger partial charge in [-0.1, -0.05) is 121 Å². The van der Waals surface area contributed by atoms with Crippen LogP contribution in [0.25, 0.3) is 98.5 Å². The normalized spacial score (nSPS) is 11.9. The van der Waals surface area contributed by atoms with Crippen molar-refractivity contribution in [2.45, 2.75) is 13.8 Å². The van der Waals surface area contributed by atoms with Crippen molar-refractivity contribution in [1.29, 1.82) is 0 Å². The number of anilines is 6. The van der Waals surface area contributed by atoms with E-state index >= 15 is 0 Å². The molecule has 0 atom stereocenters. The fourth-order valence-electron chi connectivity index (χ4n) is 10.7. The molecule has 5 nitrogen and oxygen atoms in total. The minimum Gasteiger partial charge on any atom is -0.456 e. The third-order valence-electron chi connectivity index (χ3n) is 14.0. The van der Waals surface area contributed by atoms with Gasteiger partial charge in [-0.25, -0.2) is 0 Å². The summed E-state index contributed by atoms with van der Waals surface area (Å²) in [6, 6.07) is 77.5. The lowest BCUT2D eigenvalue weighted by Gasteiger charge is -2.27. The number of benzene rings is 11. The number of para-hydroxylation sites is 6. The first-order chi connectivity index (χ1) is 34.0. The van der Waals surface area contributed by atoms with Crippen LogP contribution >= 0.6 is 0 Å². The van der Waals surface area contributed by atoms with Crippen LogP contribution < -0.4 is 9.80 Å². The van der Waals surface area contributed by atoms with Gasteiger partial charge in [0.15, 0.2) is 0 Å². The maximum Gasteiger partial charge on any atom is 0.144 e. The van der Waals surface area contributed by atoms with Gasteiger partial charge < -0.3 is 23.1 Å². The lowest BCUT2D eigenvalue weighted by Crippen LogP contribution is -2.11. The summed E-state index contributed by atoms with van der Waals surface area (Å²) < 4.78 is 20.9. The number of furan rings is 3. The monoisotopic (exact) mass is 886 g/mol. The summed E-state index contributed by atoms with van der Waals surface area (Å²) in [4.78, 5) is 4.67. The van der Waals surface area contributed by atoms with Crippen molar-refractivity contribution >= 4 is 121 Å². The first-order valence-electron chi connectivity index (χ1n) is 23.5.